The van der Waals surface area contributed by atoms with Crippen LogP contribution in [0.4, 0.5) is 0 Å². The molecule has 2 rings (SSSR count). The van der Waals surface area contributed by atoms with Gasteiger partial charge in [-0.2, -0.15) is 0 Å². The van der Waals surface area contributed by atoms with Crippen LogP contribution in [0, 0.1) is 5.92 Å². The normalized spacial score (nSPS) is 13.1. The fraction of sp³-hybridized carbons (Fsp3) is 0.562. The maximum Gasteiger partial charge on any atom is 0.110 e. The minimum absolute atomic E-state index is 0.581. The summed E-state index contributed by atoms with van der Waals surface area (Å²) in [6.07, 6.45) is 3.39. The number of nitrogens with two attached hydrogens (primary N) is 1. The Balaban J connectivity index is 2.45. The van der Waals surface area contributed by atoms with Crippen LogP contribution in [-0.2, 0) is 19.5 Å². The minimum atomic E-state index is 0.581. The monoisotopic (exact) mass is 259 g/mol. The molecule has 0 aliphatic heterocycles. The van der Waals surface area contributed by atoms with E-state index in [1.54, 1.807) is 0 Å². The third-order valence-corrected chi connectivity index (χ3v) is 3.80. The van der Waals surface area contributed by atoms with Gasteiger partial charge in [0.05, 0.1) is 11.0 Å². The van der Waals surface area contributed by atoms with Crippen LogP contribution in [0.25, 0.3) is 11.0 Å². The van der Waals surface area contributed by atoms with Crippen LogP contribution in [0.5, 0.6) is 0 Å². The summed E-state index contributed by atoms with van der Waals surface area (Å²) in [5, 5.41) is 0. The van der Waals surface area contributed by atoms with E-state index in [2.05, 4.69) is 43.5 Å². The van der Waals surface area contributed by atoms with E-state index in [4.69, 9.17) is 10.7 Å². The molecule has 1 aromatic heterocycles. The average molecular weight is 259 g/mol. The molecule has 104 valence electrons. The van der Waals surface area contributed by atoms with Crippen LogP contribution in [0.3, 0.4) is 0 Å². The third-order valence-electron chi connectivity index (χ3n) is 3.80. The fourth-order valence-electron chi connectivity index (χ4n) is 2.44. The highest BCUT2D eigenvalue weighted by Crippen LogP contribution is 2.21. The lowest BCUT2D eigenvalue weighted by molar-refractivity contribution is 0.521. The van der Waals surface area contributed by atoms with Gasteiger partial charge in [0.15, 0.2) is 0 Å². The van der Waals surface area contributed by atoms with Crippen molar-refractivity contribution in [3.05, 3.63) is 29.6 Å². The Morgan fingerprint density at radius 1 is 1.32 bits per heavy atom. The first-order valence-electron chi connectivity index (χ1n) is 7.37. The molecule has 0 saturated carbocycles. The van der Waals surface area contributed by atoms with Crippen molar-refractivity contribution in [2.24, 2.45) is 11.7 Å². The van der Waals surface area contributed by atoms with Gasteiger partial charge in [0, 0.05) is 19.5 Å². The Morgan fingerprint density at radius 2 is 2.11 bits per heavy atom. The predicted octanol–water partition coefficient (Wildman–Crippen LogP) is 3.49. The van der Waals surface area contributed by atoms with Gasteiger partial charge in [-0.25, -0.2) is 4.98 Å². The van der Waals surface area contributed by atoms with Crippen molar-refractivity contribution in [3.8, 4) is 0 Å². The molecule has 0 spiro atoms. The quantitative estimate of drug-likeness (QED) is 0.863. The summed E-state index contributed by atoms with van der Waals surface area (Å²) in [5.74, 6) is 1.90. The first-order valence-corrected chi connectivity index (χ1v) is 7.37. The molecule has 0 aliphatic carbocycles. The number of imidazole rings is 1. The van der Waals surface area contributed by atoms with Crippen molar-refractivity contribution >= 4 is 11.0 Å². The summed E-state index contributed by atoms with van der Waals surface area (Å²) in [4.78, 5) is 4.84. The molecule has 3 nitrogen and oxygen atoms in total. The molecular formula is C16H25N3. The maximum absolute atomic E-state index is 5.71. The molecule has 0 bridgehead atoms. The lowest BCUT2D eigenvalue weighted by Crippen LogP contribution is -2.08. The minimum Gasteiger partial charge on any atom is -0.328 e. The zero-order chi connectivity index (χ0) is 13.8. The smallest absolute Gasteiger partial charge is 0.110 e. The standard InChI is InChI=1S/C16H25N3/c1-4-8-19-15-7-6-13(11-17)10-14(15)18-16(19)9-12(3)5-2/h6-7,10,12H,4-5,8-9,11,17H2,1-3H3. The number of aryl methyl sites for hydroxylation is 1. The van der Waals surface area contributed by atoms with Crippen molar-refractivity contribution in [1.82, 2.24) is 9.55 Å². The van der Waals surface area contributed by atoms with Crippen LogP contribution in [0.15, 0.2) is 18.2 Å². The van der Waals surface area contributed by atoms with Crippen LogP contribution >= 0.6 is 0 Å². The molecule has 2 aromatic rings. The van der Waals surface area contributed by atoms with Crippen LogP contribution in [-0.4, -0.2) is 9.55 Å². The van der Waals surface area contributed by atoms with E-state index in [0.29, 0.717) is 12.5 Å². The zero-order valence-electron chi connectivity index (χ0n) is 12.3. The third kappa shape index (κ3) is 2.98. The summed E-state index contributed by atoms with van der Waals surface area (Å²) in [6.45, 7) is 8.37. The highest BCUT2D eigenvalue weighted by atomic mass is 15.1. The van der Waals surface area contributed by atoms with E-state index >= 15 is 0 Å². The van der Waals surface area contributed by atoms with E-state index in [-0.39, 0.29) is 0 Å². The van der Waals surface area contributed by atoms with E-state index < -0.39 is 0 Å². The van der Waals surface area contributed by atoms with Gasteiger partial charge in [0.2, 0.25) is 0 Å². The highest BCUT2D eigenvalue weighted by molar-refractivity contribution is 5.77. The molecule has 0 saturated heterocycles. The van der Waals surface area contributed by atoms with Gasteiger partial charge < -0.3 is 10.3 Å². The Bertz CT molecular complexity index is 542. The first kappa shape index (κ1) is 14.1. The van der Waals surface area contributed by atoms with Gasteiger partial charge in [-0.3, -0.25) is 0 Å². The van der Waals surface area contributed by atoms with E-state index in [0.717, 1.165) is 30.5 Å². The molecule has 19 heavy (non-hydrogen) atoms. The number of aromatic nitrogens is 2. The number of hydrogen-bond donors (Lipinski definition) is 1. The number of nitrogens with zero attached hydrogens (tertiary/aromatic N) is 2. The number of benzene rings is 1. The van der Waals surface area contributed by atoms with E-state index in [9.17, 15) is 0 Å². The van der Waals surface area contributed by atoms with Crippen LogP contribution in [0.1, 0.15) is 45.0 Å². The van der Waals surface area contributed by atoms with Gasteiger partial charge in [-0.05, 0) is 30.0 Å². The number of rotatable bonds is 6. The van der Waals surface area contributed by atoms with E-state index in [1.807, 2.05) is 0 Å². The van der Waals surface area contributed by atoms with Crippen molar-refractivity contribution in [2.75, 3.05) is 0 Å². The molecule has 1 aromatic carbocycles. The zero-order valence-corrected chi connectivity index (χ0v) is 12.3. The van der Waals surface area contributed by atoms with E-state index in [1.165, 1.54) is 17.8 Å². The summed E-state index contributed by atoms with van der Waals surface area (Å²) in [5.41, 5.74) is 9.21. The summed E-state index contributed by atoms with van der Waals surface area (Å²) >= 11 is 0. The number of hydrogen-bond acceptors (Lipinski definition) is 2. The molecule has 1 unspecified atom stereocenters. The van der Waals surface area contributed by atoms with Crippen LogP contribution < -0.4 is 5.73 Å². The molecule has 0 fully saturated rings. The Morgan fingerprint density at radius 3 is 2.74 bits per heavy atom. The topological polar surface area (TPSA) is 43.8 Å². The second-order valence-electron chi connectivity index (χ2n) is 5.42. The molecule has 1 heterocycles. The van der Waals surface area contributed by atoms with Gasteiger partial charge in [0.25, 0.3) is 0 Å². The van der Waals surface area contributed by atoms with Crippen molar-refractivity contribution in [3.63, 3.8) is 0 Å². The predicted molar refractivity (Wildman–Crippen MR) is 81.1 cm³/mol. The Kier molecular flexibility index (Phi) is 4.59. The van der Waals surface area contributed by atoms with Gasteiger partial charge in [-0.1, -0.05) is 33.3 Å². The number of fused-ring (bicyclic) bond motifs is 1. The summed E-state index contributed by atoms with van der Waals surface area (Å²) in [7, 11) is 0. The Labute approximate surface area is 115 Å². The van der Waals surface area contributed by atoms with Gasteiger partial charge in [0.1, 0.15) is 5.82 Å². The molecule has 1 atom stereocenters. The van der Waals surface area contributed by atoms with Crippen LogP contribution in [0.2, 0.25) is 0 Å². The van der Waals surface area contributed by atoms with Crippen molar-refractivity contribution in [2.45, 2.75) is 53.1 Å². The maximum atomic E-state index is 5.71. The SMILES string of the molecule is CCCn1c(CC(C)CC)nc2cc(CN)ccc21. The van der Waals surface area contributed by atoms with Gasteiger partial charge in [-0.15, -0.1) is 0 Å². The average Bonchev–Trinajstić information content (AvgIpc) is 2.76. The van der Waals surface area contributed by atoms with Crippen molar-refractivity contribution in [1.29, 1.82) is 0 Å². The second kappa shape index (κ2) is 6.20. The molecule has 3 heteroatoms. The molecule has 2 N–H and O–H groups in total. The molecule has 0 amide bonds. The highest BCUT2D eigenvalue weighted by Gasteiger charge is 2.12. The van der Waals surface area contributed by atoms with Crippen molar-refractivity contribution < 1.29 is 0 Å². The van der Waals surface area contributed by atoms with Gasteiger partial charge >= 0.3 is 0 Å². The largest absolute Gasteiger partial charge is 0.328 e. The fourth-order valence-corrected chi connectivity index (χ4v) is 2.44. The lowest BCUT2D eigenvalue weighted by atomic mass is 10.1. The summed E-state index contributed by atoms with van der Waals surface area (Å²) < 4.78 is 2.38. The molecule has 0 radical (unpaired) electrons. The second-order valence-corrected chi connectivity index (χ2v) is 5.42. The first-order chi connectivity index (χ1) is 9.19. The Hall–Kier alpha value is -1.35. The molecule has 0 aliphatic rings. The molecular weight excluding hydrogens is 234 g/mol. The summed E-state index contributed by atoms with van der Waals surface area (Å²) in [6, 6.07) is 6.41. The lowest BCUT2D eigenvalue weighted by Gasteiger charge is -2.11.